The maximum Gasteiger partial charge on any atom is 0.176 e. The van der Waals surface area contributed by atoms with Crippen molar-refractivity contribution in [3.63, 3.8) is 0 Å². The van der Waals surface area contributed by atoms with Crippen LogP contribution in [-0.2, 0) is 0 Å². The second-order valence-electron chi connectivity index (χ2n) is 2.87. The van der Waals surface area contributed by atoms with E-state index >= 15 is 0 Å². The van der Waals surface area contributed by atoms with Crippen LogP contribution in [-0.4, -0.2) is 15.0 Å². The fourth-order valence-electron chi connectivity index (χ4n) is 1.42. The van der Waals surface area contributed by atoms with E-state index in [1.807, 2.05) is 0 Å². The van der Waals surface area contributed by atoms with E-state index in [0.29, 0.717) is 0 Å². The van der Waals surface area contributed by atoms with E-state index in [1.54, 1.807) is 4.80 Å². The summed E-state index contributed by atoms with van der Waals surface area (Å²) in [4.78, 5) is 1.80. The minimum Gasteiger partial charge on any atom is -0.259 e. The first-order chi connectivity index (χ1) is 5.34. The van der Waals surface area contributed by atoms with E-state index in [-0.39, 0.29) is 0 Å². The molecular weight excluding hydrogens is 138 g/mol. The molecule has 0 spiro atoms. The Morgan fingerprint density at radius 2 is 2.27 bits per heavy atom. The second-order valence-corrected chi connectivity index (χ2v) is 2.87. The zero-order valence-corrected chi connectivity index (χ0v) is 6.13. The summed E-state index contributed by atoms with van der Waals surface area (Å²) in [6.45, 7) is 2.08. The maximum absolute atomic E-state index is 4.22. The SMILES string of the molecule is Cc1ccc2cc1-n1nc-2[nH]1. The van der Waals surface area contributed by atoms with Crippen molar-refractivity contribution in [2.45, 2.75) is 6.92 Å². The molecule has 1 N–H and O–H groups in total. The summed E-state index contributed by atoms with van der Waals surface area (Å²) >= 11 is 0. The number of hydrogen-bond acceptors (Lipinski definition) is 1. The molecule has 0 fully saturated rings. The van der Waals surface area contributed by atoms with Gasteiger partial charge < -0.3 is 0 Å². The molecule has 3 nitrogen and oxygen atoms in total. The Balaban J connectivity index is 2.44. The molecule has 1 aromatic heterocycles. The second kappa shape index (κ2) is 1.39. The number of H-pyrrole nitrogens is 1. The van der Waals surface area contributed by atoms with Gasteiger partial charge in [0.1, 0.15) is 0 Å². The predicted octanol–water partition coefficient (Wildman–Crippen LogP) is 1.49. The fraction of sp³-hybridized carbons (Fsp3) is 0.125. The summed E-state index contributed by atoms with van der Waals surface area (Å²) in [6, 6.07) is 6.35. The van der Waals surface area contributed by atoms with Crippen LogP contribution in [0.4, 0.5) is 0 Å². The van der Waals surface area contributed by atoms with Gasteiger partial charge in [-0.25, -0.2) is 0 Å². The van der Waals surface area contributed by atoms with Crippen molar-refractivity contribution in [2.24, 2.45) is 0 Å². The molecule has 3 heterocycles. The Morgan fingerprint density at radius 3 is 3.00 bits per heavy atom. The Morgan fingerprint density at radius 1 is 1.45 bits per heavy atom. The molecule has 0 saturated carbocycles. The van der Waals surface area contributed by atoms with Gasteiger partial charge in [0, 0.05) is 5.56 Å². The molecule has 4 bridgehead atoms. The third-order valence-electron chi connectivity index (χ3n) is 2.12. The van der Waals surface area contributed by atoms with E-state index in [9.17, 15) is 0 Å². The van der Waals surface area contributed by atoms with Crippen LogP contribution in [0.2, 0.25) is 0 Å². The van der Waals surface area contributed by atoms with Crippen LogP contribution in [0.1, 0.15) is 5.56 Å². The van der Waals surface area contributed by atoms with Crippen molar-refractivity contribution in [3.05, 3.63) is 23.8 Å². The molecule has 0 amide bonds. The summed E-state index contributed by atoms with van der Waals surface area (Å²) in [7, 11) is 0. The zero-order chi connectivity index (χ0) is 7.42. The Bertz CT molecular complexity index is 410. The normalized spacial score (nSPS) is 12.1. The van der Waals surface area contributed by atoms with Crippen LogP contribution in [0.15, 0.2) is 18.2 Å². The number of nitrogens with one attached hydrogen (secondary N) is 1. The standard InChI is InChI=1S/C8H7N3/c1-5-2-3-6-4-7(5)11-9-8(6)10-11/h2-4H,1H3,(H,9,10). The van der Waals surface area contributed by atoms with Crippen molar-refractivity contribution < 1.29 is 0 Å². The molecule has 1 aromatic carbocycles. The first-order valence-electron chi connectivity index (χ1n) is 3.61. The van der Waals surface area contributed by atoms with Crippen LogP contribution in [0.5, 0.6) is 0 Å². The van der Waals surface area contributed by atoms with Crippen molar-refractivity contribution in [1.82, 2.24) is 15.0 Å². The first kappa shape index (κ1) is 5.18. The molecule has 2 aliphatic heterocycles. The zero-order valence-electron chi connectivity index (χ0n) is 6.13. The Kier molecular flexibility index (Phi) is 0.656. The lowest BCUT2D eigenvalue weighted by Gasteiger charge is -2.21. The minimum atomic E-state index is 0.984. The highest BCUT2D eigenvalue weighted by molar-refractivity contribution is 5.64. The van der Waals surface area contributed by atoms with Crippen LogP contribution < -0.4 is 0 Å². The van der Waals surface area contributed by atoms with Gasteiger partial charge in [0.25, 0.3) is 0 Å². The van der Waals surface area contributed by atoms with Crippen molar-refractivity contribution in [3.8, 4) is 17.1 Å². The van der Waals surface area contributed by atoms with Crippen molar-refractivity contribution >= 4 is 0 Å². The number of aromatic nitrogens is 3. The Hall–Kier alpha value is -1.51. The summed E-state index contributed by atoms with van der Waals surface area (Å²) in [6.07, 6.45) is 0. The van der Waals surface area contributed by atoms with E-state index in [0.717, 1.165) is 11.5 Å². The number of benzene rings is 1. The molecule has 4 rings (SSSR count). The van der Waals surface area contributed by atoms with Crippen LogP contribution in [0, 0.1) is 6.92 Å². The molecular formula is C8H7N3. The van der Waals surface area contributed by atoms with E-state index in [2.05, 4.69) is 35.3 Å². The maximum atomic E-state index is 4.22. The molecule has 11 heavy (non-hydrogen) atoms. The third-order valence-corrected chi connectivity index (χ3v) is 2.12. The quantitative estimate of drug-likeness (QED) is 0.510. The molecule has 0 aliphatic carbocycles. The van der Waals surface area contributed by atoms with Gasteiger partial charge in [-0.1, -0.05) is 12.1 Å². The van der Waals surface area contributed by atoms with Gasteiger partial charge in [-0.3, -0.25) is 5.10 Å². The molecule has 0 saturated heterocycles. The predicted molar refractivity (Wildman–Crippen MR) is 41.6 cm³/mol. The highest BCUT2D eigenvalue weighted by atomic mass is 15.5. The van der Waals surface area contributed by atoms with Crippen LogP contribution in [0.3, 0.4) is 0 Å². The summed E-state index contributed by atoms with van der Waals surface area (Å²) in [5.74, 6) is 0.984. The average molecular weight is 145 g/mol. The van der Waals surface area contributed by atoms with Crippen LogP contribution in [0.25, 0.3) is 17.1 Å². The van der Waals surface area contributed by atoms with Gasteiger partial charge in [-0.05, 0) is 18.6 Å². The van der Waals surface area contributed by atoms with Crippen molar-refractivity contribution in [1.29, 1.82) is 0 Å². The number of nitrogens with zero attached hydrogens (tertiary/aromatic N) is 2. The molecule has 3 heteroatoms. The number of aryl methyl sites for hydroxylation is 1. The molecule has 2 aliphatic rings. The Labute approximate surface area is 63.6 Å². The average Bonchev–Trinajstić information content (AvgIpc) is 1.95. The van der Waals surface area contributed by atoms with Gasteiger partial charge in [0.2, 0.25) is 0 Å². The van der Waals surface area contributed by atoms with Gasteiger partial charge in [-0.15, -0.1) is 5.10 Å². The first-order valence-corrected chi connectivity index (χ1v) is 3.61. The lowest BCUT2D eigenvalue weighted by molar-refractivity contribution is 0.619. The van der Waals surface area contributed by atoms with E-state index in [1.165, 1.54) is 11.1 Å². The number of rotatable bonds is 0. The molecule has 0 radical (unpaired) electrons. The number of hydrogen-bond donors (Lipinski definition) is 1. The van der Waals surface area contributed by atoms with Gasteiger partial charge in [0.05, 0.1) is 5.69 Å². The fourth-order valence-corrected chi connectivity index (χ4v) is 1.42. The summed E-state index contributed by atoms with van der Waals surface area (Å²) in [5.41, 5.74) is 3.61. The lowest BCUT2D eigenvalue weighted by Crippen LogP contribution is -2.19. The highest BCUT2D eigenvalue weighted by Crippen LogP contribution is 2.27. The smallest absolute Gasteiger partial charge is 0.176 e. The van der Waals surface area contributed by atoms with Gasteiger partial charge >= 0.3 is 0 Å². The summed E-state index contributed by atoms with van der Waals surface area (Å²) < 4.78 is 0. The monoisotopic (exact) mass is 145 g/mol. The molecule has 0 atom stereocenters. The lowest BCUT2D eigenvalue weighted by atomic mass is 10.1. The van der Waals surface area contributed by atoms with Crippen molar-refractivity contribution in [2.75, 3.05) is 0 Å². The molecule has 2 aromatic rings. The van der Waals surface area contributed by atoms with Gasteiger partial charge in [-0.2, -0.15) is 4.80 Å². The minimum absolute atomic E-state index is 0.984. The molecule has 0 unspecified atom stereocenters. The highest BCUT2D eigenvalue weighted by Gasteiger charge is 2.16. The number of aromatic amines is 1. The largest absolute Gasteiger partial charge is 0.259 e. The van der Waals surface area contributed by atoms with E-state index in [4.69, 9.17) is 0 Å². The third kappa shape index (κ3) is 0.473. The van der Waals surface area contributed by atoms with Crippen LogP contribution >= 0.6 is 0 Å². The molecule has 54 valence electrons. The van der Waals surface area contributed by atoms with Gasteiger partial charge in [0.15, 0.2) is 5.82 Å². The van der Waals surface area contributed by atoms with E-state index < -0.39 is 0 Å². The topological polar surface area (TPSA) is 33.6 Å². The summed E-state index contributed by atoms with van der Waals surface area (Å²) in [5, 5.41) is 7.34.